The molecule has 0 radical (unpaired) electrons. The smallest absolute Gasteiger partial charge is 0.263 e. The van der Waals surface area contributed by atoms with E-state index in [-0.39, 0.29) is 5.91 Å². The normalized spacial score (nSPS) is 22.5. The minimum Gasteiger partial charge on any atom is -0.337 e. The minimum absolute atomic E-state index is 0.209. The van der Waals surface area contributed by atoms with E-state index in [1.165, 1.54) is 4.88 Å². The highest BCUT2D eigenvalue weighted by atomic mass is 79.9. The summed E-state index contributed by atoms with van der Waals surface area (Å²) in [5, 5.41) is 0. The number of nitrogens with zero attached hydrogens (tertiary/aromatic N) is 2. The Hall–Kier alpha value is -0.390. The number of amides is 1. The van der Waals surface area contributed by atoms with E-state index < -0.39 is 0 Å². The molecule has 1 aromatic heterocycles. The summed E-state index contributed by atoms with van der Waals surface area (Å²) < 4.78 is 1.05. The molecule has 2 saturated heterocycles. The number of halogens is 1. The van der Waals surface area contributed by atoms with Gasteiger partial charge in [0.2, 0.25) is 0 Å². The van der Waals surface area contributed by atoms with Crippen molar-refractivity contribution in [1.82, 2.24) is 9.80 Å². The third-order valence-electron chi connectivity index (χ3n) is 4.00. The molecule has 3 rings (SSSR count). The topological polar surface area (TPSA) is 23.6 Å². The molecular formula is C13H17BrN2OS. The molecule has 1 aromatic rings. The number of aryl methyl sites for hydroxylation is 1. The third-order valence-corrected chi connectivity index (χ3v) is 6.13. The number of likely N-dealkylation sites (tertiary alicyclic amines) is 2. The largest absolute Gasteiger partial charge is 0.337 e. The van der Waals surface area contributed by atoms with E-state index in [4.69, 9.17) is 0 Å². The van der Waals surface area contributed by atoms with Crippen LogP contribution >= 0.6 is 27.3 Å². The zero-order valence-corrected chi connectivity index (χ0v) is 13.1. The van der Waals surface area contributed by atoms with E-state index >= 15 is 0 Å². The monoisotopic (exact) mass is 328 g/mol. The van der Waals surface area contributed by atoms with Crippen molar-refractivity contribution in [3.8, 4) is 0 Å². The Morgan fingerprint density at radius 2 is 2.17 bits per heavy atom. The van der Waals surface area contributed by atoms with Crippen molar-refractivity contribution in [3.05, 3.63) is 20.3 Å². The van der Waals surface area contributed by atoms with E-state index in [1.54, 1.807) is 11.3 Å². The zero-order chi connectivity index (χ0) is 12.9. The maximum atomic E-state index is 12.4. The molecular weight excluding hydrogens is 312 g/mol. The van der Waals surface area contributed by atoms with Crippen LogP contribution in [0.2, 0.25) is 0 Å². The highest BCUT2D eigenvalue weighted by molar-refractivity contribution is 9.10. The number of carbonyl (C=O) groups is 1. The highest BCUT2D eigenvalue weighted by Gasteiger charge is 2.47. The van der Waals surface area contributed by atoms with Crippen molar-refractivity contribution in [3.63, 3.8) is 0 Å². The number of hydrogen-bond donors (Lipinski definition) is 0. The summed E-state index contributed by atoms with van der Waals surface area (Å²) in [5.41, 5.74) is 0.397. The van der Waals surface area contributed by atoms with Gasteiger partial charge in [0.25, 0.3) is 5.91 Å². The molecule has 0 aromatic carbocycles. The lowest BCUT2D eigenvalue weighted by Gasteiger charge is -2.46. The standard InChI is InChI=1S/C13H17BrN2OS/c1-9-10(14)5-11(18-9)12(17)16-4-3-13(8-16)6-15(2)7-13/h5H,3-4,6-8H2,1-2H3. The predicted molar refractivity (Wildman–Crippen MR) is 77.2 cm³/mol. The molecule has 3 nitrogen and oxygen atoms in total. The molecule has 0 aliphatic carbocycles. The number of rotatable bonds is 1. The van der Waals surface area contributed by atoms with Crippen LogP contribution in [0.1, 0.15) is 21.0 Å². The van der Waals surface area contributed by atoms with Gasteiger partial charge in [-0.2, -0.15) is 0 Å². The van der Waals surface area contributed by atoms with Gasteiger partial charge >= 0.3 is 0 Å². The summed E-state index contributed by atoms with van der Waals surface area (Å²) in [4.78, 5) is 18.8. The first-order chi connectivity index (χ1) is 8.49. The van der Waals surface area contributed by atoms with Gasteiger partial charge in [0.1, 0.15) is 0 Å². The number of carbonyl (C=O) groups excluding carboxylic acids is 1. The van der Waals surface area contributed by atoms with E-state index in [0.717, 1.165) is 41.9 Å². The van der Waals surface area contributed by atoms with Gasteiger partial charge in [-0.15, -0.1) is 11.3 Å². The molecule has 0 N–H and O–H groups in total. The van der Waals surface area contributed by atoms with Gasteiger partial charge in [-0.25, -0.2) is 0 Å². The highest BCUT2D eigenvalue weighted by Crippen LogP contribution is 2.39. The molecule has 2 fully saturated rings. The van der Waals surface area contributed by atoms with Gasteiger partial charge < -0.3 is 9.80 Å². The van der Waals surface area contributed by atoms with Gasteiger partial charge in [0.15, 0.2) is 0 Å². The fourth-order valence-electron chi connectivity index (χ4n) is 3.19. The van der Waals surface area contributed by atoms with Gasteiger partial charge in [0.05, 0.1) is 4.88 Å². The molecule has 1 amide bonds. The first kappa shape index (κ1) is 12.6. The maximum Gasteiger partial charge on any atom is 0.263 e. The lowest BCUT2D eigenvalue weighted by molar-refractivity contribution is 0.0295. The third kappa shape index (κ3) is 2.02. The van der Waals surface area contributed by atoms with E-state index in [9.17, 15) is 4.79 Å². The number of thiophene rings is 1. The maximum absolute atomic E-state index is 12.4. The van der Waals surface area contributed by atoms with Crippen molar-refractivity contribution in [2.45, 2.75) is 13.3 Å². The van der Waals surface area contributed by atoms with Crippen LogP contribution in [0.15, 0.2) is 10.5 Å². The first-order valence-electron chi connectivity index (χ1n) is 6.23. The summed E-state index contributed by atoms with van der Waals surface area (Å²) in [5.74, 6) is 0.209. The average Bonchev–Trinajstić information content (AvgIpc) is 2.83. The van der Waals surface area contributed by atoms with Gasteiger partial charge in [-0.05, 0) is 42.4 Å². The molecule has 0 saturated carbocycles. The Bertz CT molecular complexity index is 474. The second-order valence-electron chi connectivity index (χ2n) is 5.66. The van der Waals surface area contributed by atoms with Crippen molar-refractivity contribution in [2.75, 3.05) is 33.2 Å². The Labute approximate surface area is 120 Å². The van der Waals surface area contributed by atoms with E-state index in [0.29, 0.717) is 5.41 Å². The minimum atomic E-state index is 0.209. The molecule has 0 unspecified atom stereocenters. The molecule has 1 spiro atoms. The number of hydrogen-bond acceptors (Lipinski definition) is 3. The van der Waals surface area contributed by atoms with Crippen molar-refractivity contribution < 1.29 is 4.79 Å². The Kier molecular flexibility index (Phi) is 3.03. The van der Waals surface area contributed by atoms with Crippen molar-refractivity contribution in [2.24, 2.45) is 5.41 Å². The summed E-state index contributed by atoms with van der Waals surface area (Å²) in [6, 6.07) is 1.96. The van der Waals surface area contributed by atoms with Gasteiger partial charge in [-0.1, -0.05) is 0 Å². The van der Waals surface area contributed by atoms with E-state index in [1.807, 2.05) is 17.9 Å². The van der Waals surface area contributed by atoms with Crippen LogP contribution < -0.4 is 0 Å². The predicted octanol–water partition coefficient (Wildman–Crippen LogP) is 2.60. The molecule has 2 aliphatic rings. The fraction of sp³-hybridized carbons (Fsp3) is 0.615. The Balaban J connectivity index is 1.71. The molecule has 0 atom stereocenters. The van der Waals surface area contributed by atoms with Crippen LogP contribution in [0.25, 0.3) is 0 Å². The Morgan fingerprint density at radius 1 is 1.44 bits per heavy atom. The lowest BCUT2D eigenvalue weighted by Crippen LogP contribution is -2.55. The fourth-order valence-corrected chi connectivity index (χ4v) is 4.69. The summed E-state index contributed by atoms with van der Waals surface area (Å²) in [6.07, 6.45) is 1.16. The molecule has 18 heavy (non-hydrogen) atoms. The quantitative estimate of drug-likeness (QED) is 0.791. The van der Waals surface area contributed by atoms with E-state index in [2.05, 4.69) is 27.9 Å². The van der Waals surface area contributed by atoms with Crippen LogP contribution in [-0.2, 0) is 0 Å². The van der Waals surface area contributed by atoms with Gasteiger partial charge in [0, 0.05) is 40.9 Å². The molecule has 0 bridgehead atoms. The summed E-state index contributed by atoms with van der Waals surface area (Å²) in [6.45, 7) is 6.18. The summed E-state index contributed by atoms with van der Waals surface area (Å²) >= 11 is 5.07. The SMILES string of the molecule is Cc1sc(C(=O)N2CCC3(CN(C)C3)C2)cc1Br. The van der Waals surface area contributed by atoms with Crippen molar-refractivity contribution in [1.29, 1.82) is 0 Å². The lowest BCUT2D eigenvalue weighted by atomic mass is 9.79. The zero-order valence-electron chi connectivity index (χ0n) is 10.7. The molecule has 98 valence electrons. The van der Waals surface area contributed by atoms with Gasteiger partial charge in [-0.3, -0.25) is 4.79 Å². The van der Waals surface area contributed by atoms with Crippen LogP contribution in [0, 0.1) is 12.3 Å². The van der Waals surface area contributed by atoms with Crippen LogP contribution in [0.4, 0.5) is 0 Å². The summed E-state index contributed by atoms with van der Waals surface area (Å²) in [7, 11) is 2.15. The van der Waals surface area contributed by atoms with Crippen LogP contribution in [0.3, 0.4) is 0 Å². The Morgan fingerprint density at radius 3 is 2.72 bits per heavy atom. The second kappa shape index (κ2) is 4.32. The second-order valence-corrected chi connectivity index (χ2v) is 7.77. The average molecular weight is 329 g/mol. The van der Waals surface area contributed by atoms with Crippen molar-refractivity contribution >= 4 is 33.2 Å². The molecule has 2 aliphatic heterocycles. The first-order valence-corrected chi connectivity index (χ1v) is 7.84. The molecule has 3 heterocycles. The van der Waals surface area contributed by atoms with Crippen LogP contribution in [-0.4, -0.2) is 48.9 Å². The molecule has 5 heteroatoms. The van der Waals surface area contributed by atoms with Crippen LogP contribution in [0.5, 0.6) is 0 Å².